The number of benzene rings is 1. The third kappa shape index (κ3) is 3.73. The molecule has 1 saturated carbocycles. The number of amides is 1. The molecule has 1 amide bonds. The van der Waals surface area contributed by atoms with Gasteiger partial charge in [0.2, 0.25) is 5.91 Å². The second kappa shape index (κ2) is 7.55. The molecule has 140 valence electrons. The Morgan fingerprint density at radius 2 is 1.85 bits per heavy atom. The van der Waals surface area contributed by atoms with Crippen LogP contribution in [0.2, 0.25) is 0 Å². The Kier molecular flexibility index (Phi) is 5.16. The molecule has 2 aliphatic rings. The number of aryl methyl sites for hydroxylation is 2. The van der Waals surface area contributed by atoms with Gasteiger partial charge in [-0.05, 0) is 49.8 Å². The van der Waals surface area contributed by atoms with Gasteiger partial charge in [-0.2, -0.15) is 0 Å². The maximum Gasteiger partial charge on any atom is 0.222 e. The fourth-order valence-corrected chi connectivity index (χ4v) is 5.48. The Balaban J connectivity index is 1.37. The number of carbonyl (C=O) groups excluding carboxylic acids is 1. The molecule has 1 aromatic carbocycles. The maximum atomic E-state index is 12.6. The van der Waals surface area contributed by atoms with Gasteiger partial charge in [-0.15, -0.1) is 0 Å². The summed E-state index contributed by atoms with van der Waals surface area (Å²) in [6, 6.07) is 4.40. The van der Waals surface area contributed by atoms with E-state index < -0.39 is 0 Å². The van der Waals surface area contributed by atoms with Gasteiger partial charge in [-0.1, -0.05) is 36.7 Å². The van der Waals surface area contributed by atoms with E-state index in [4.69, 9.17) is 4.98 Å². The van der Waals surface area contributed by atoms with Crippen molar-refractivity contribution in [2.75, 3.05) is 31.1 Å². The second-order valence-corrected chi connectivity index (χ2v) is 8.98. The topological polar surface area (TPSA) is 36.4 Å². The lowest BCUT2D eigenvalue weighted by Crippen LogP contribution is -2.49. The molecule has 5 heteroatoms. The van der Waals surface area contributed by atoms with Crippen LogP contribution in [0, 0.1) is 19.8 Å². The largest absolute Gasteiger partial charge is 0.345 e. The summed E-state index contributed by atoms with van der Waals surface area (Å²) < 4.78 is 1.29. The lowest BCUT2D eigenvalue weighted by Gasteiger charge is -2.35. The van der Waals surface area contributed by atoms with E-state index >= 15 is 0 Å². The van der Waals surface area contributed by atoms with E-state index in [1.807, 2.05) is 0 Å². The molecule has 2 fully saturated rings. The monoisotopic (exact) mass is 371 g/mol. The molecule has 1 aliphatic carbocycles. The Hall–Kier alpha value is -1.62. The van der Waals surface area contributed by atoms with Gasteiger partial charge in [0.15, 0.2) is 5.13 Å². The van der Waals surface area contributed by atoms with Crippen LogP contribution in [0.4, 0.5) is 5.13 Å². The minimum Gasteiger partial charge on any atom is -0.345 e. The van der Waals surface area contributed by atoms with Crippen molar-refractivity contribution in [3.05, 3.63) is 23.3 Å². The van der Waals surface area contributed by atoms with Crippen LogP contribution >= 0.6 is 11.3 Å². The number of hydrogen-bond donors (Lipinski definition) is 0. The Labute approximate surface area is 160 Å². The summed E-state index contributed by atoms with van der Waals surface area (Å²) in [5, 5.41) is 1.10. The van der Waals surface area contributed by atoms with Gasteiger partial charge in [0.25, 0.3) is 0 Å². The number of fused-ring (bicyclic) bond motifs is 1. The van der Waals surface area contributed by atoms with Crippen molar-refractivity contribution in [1.29, 1.82) is 0 Å². The zero-order chi connectivity index (χ0) is 18.1. The van der Waals surface area contributed by atoms with Gasteiger partial charge in [-0.3, -0.25) is 4.79 Å². The summed E-state index contributed by atoms with van der Waals surface area (Å²) in [4.78, 5) is 21.9. The van der Waals surface area contributed by atoms with E-state index in [9.17, 15) is 4.79 Å². The van der Waals surface area contributed by atoms with Gasteiger partial charge < -0.3 is 9.80 Å². The highest BCUT2D eigenvalue weighted by Crippen LogP contribution is 2.33. The molecule has 4 nitrogen and oxygen atoms in total. The molecular formula is C21H29N3OS. The summed E-state index contributed by atoms with van der Waals surface area (Å²) in [7, 11) is 0. The number of thiazole rings is 1. The molecule has 0 unspecified atom stereocenters. The molecule has 2 aromatic rings. The van der Waals surface area contributed by atoms with Crippen molar-refractivity contribution in [3.8, 4) is 0 Å². The average molecular weight is 372 g/mol. The molecule has 0 N–H and O–H groups in total. The zero-order valence-electron chi connectivity index (χ0n) is 16.0. The average Bonchev–Trinajstić information content (AvgIpc) is 3.07. The molecule has 0 radical (unpaired) electrons. The van der Waals surface area contributed by atoms with Crippen LogP contribution in [0.5, 0.6) is 0 Å². The molecule has 1 aliphatic heterocycles. The molecule has 0 spiro atoms. The van der Waals surface area contributed by atoms with Gasteiger partial charge in [0, 0.05) is 32.6 Å². The fraction of sp³-hybridized carbons (Fsp3) is 0.619. The van der Waals surface area contributed by atoms with Crippen molar-refractivity contribution in [1.82, 2.24) is 9.88 Å². The minimum absolute atomic E-state index is 0.368. The van der Waals surface area contributed by atoms with Crippen molar-refractivity contribution < 1.29 is 4.79 Å². The van der Waals surface area contributed by atoms with Gasteiger partial charge in [0.1, 0.15) is 0 Å². The maximum absolute atomic E-state index is 12.6. The second-order valence-electron chi connectivity index (χ2n) is 8.00. The summed E-state index contributed by atoms with van der Waals surface area (Å²) in [5.74, 6) is 0.997. The Morgan fingerprint density at radius 3 is 2.58 bits per heavy atom. The molecule has 1 saturated heterocycles. The van der Waals surface area contributed by atoms with Crippen LogP contribution in [0.3, 0.4) is 0 Å². The van der Waals surface area contributed by atoms with Crippen molar-refractivity contribution in [2.24, 2.45) is 5.92 Å². The van der Waals surface area contributed by atoms with Crippen LogP contribution in [0.25, 0.3) is 10.2 Å². The van der Waals surface area contributed by atoms with E-state index in [-0.39, 0.29) is 0 Å². The van der Waals surface area contributed by atoms with Crippen LogP contribution in [-0.4, -0.2) is 42.0 Å². The molecular weight excluding hydrogens is 342 g/mol. The first kappa shape index (κ1) is 17.8. The SMILES string of the molecule is Cc1cc(C)c2sc(N3CCN(C(=O)CC4CCCCC4)CC3)nc2c1. The summed E-state index contributed by atoms with van der Waals surface area (Å²) >= 11 is 1.79. The summed E-state index contributed by atoms with van der Waals surface area (Å²) in [6.45, 7) is 7.75. The molecule has 2 heterocycles. The first-order chi connectivity index (χ1) is 12.6. The van der Waals surface area contributed by atoms with E-state index in [0.29, 0.717) is 11.8 Å². The molecule has 4 rings (SSSR count). The number of aromatic nitrogens is 1. The van der Waals surface area contributed by atoms with Crippen molar-refractivity contribution >= 4 is 32.6 Å². The minimum atomic E-state index is 0.368. The third-order valence-electron chi connectivity index (χ3n) is 5.90. The lowest BCUT2D eigenvalue weighted by molar-refractivity contribution is -0.132. The smallest absolute Gasteiger partial charge is 0.222 e. The van der Waals surface area contributed by atoms with Crippen molar-refractivity contribution in [2.45, 2.75) is 52.4 Å². The molecule has 26 heavy (non-hydrogen) atoms. The predicted octanol–water partition coefficient (Wildman–Crippen LogP) is 4.53. The quantitative estimate of drug-likeness (QED) is 0.795. The first-order valence-corrected chi connectivity index (χ1v) is 10.8. The van der Waals surface area contributed by atoms with E-state index in [2.05, 4.69) is 35.8 Å². The van der Waals surface area contributed by atoms with Crippen LogP contribution < -0.4 is 4.90 Å². The molecule has 0 atom stereocenters. The van der Waals surface area contributed by atoms with Gasteiger partial charge in [-0.25, -0.2) is 4.98 Å². The number of piperazine rings is 1. The number of anilines is 1. The number of hydrogen-bond acceptors (Lipinski definition) is 4. The van der Waals surface area contributed by atoms with E-state index in [0.717, 1.165) is 43.2 Å². The van der Waals surface area contributed by atoms with Crippen LogP contribution in [-0.2, 0) is 4.79 Å². The predicted molar refractivity (Wildman–Crippen MR) is 109 cm³/mol. The highest BCUT2D eigenvalue weighted by atomic mass is 32.1. The fourth-order valence-electron chi connectivity index (χ4n) is 4.41. The van der Waals surface area contributed by atoms with E-state index in [1.54, 1.807) is 11.3 Å². The number of rotatable bonds is 3. The Bertz CT molecular complexity index is 786. The normalized spacial score (nSPS) is 19.3. The first-order valence-electron chi connectivity index (χ1n) is 10.0. The molecule has 0 bridgehead atoms. The molecule has 1 aromatic heterocycles. The summed E-state index contributed by atoms with van der Waals surface area (Å²) in [5.41, 5.74) is 3.69. The van der Waals surface area contributed by atoms with Gasteiger partial charge >= 0.3 is 0 Å². The van der Waals surface area contributed by atoms with Crippen LogP contribution in [0.1, 0.15) is 49.7 Å². The zero-order valence-corrected chi connectivity index (χ0v) is 16.8. The van der Waals surface area contributed by atoms with E-state index in [1.165, 1.54) is 47.9 Å². The Morgan fingerprint density at radius 1 is 1.12 bits per heavy atom. The van der Waals surface area contributed by atoms with Gasteiger partial charge in [0.05, 0.1) is 10.2 Å². The van der Waals surface area contributed by atoms with Crippen LogP contribution in [0.15, 0.2) is 12.1 Å². The number of nitrogens with zero attached hydrogens (tertiary/aromatic N) is 3. The lowest BCUT2D eigenvalue weighted by atomic mass is 9.86. The standard InChI is InChI=1S/C21H29N3OS/c1-15-12-16(2)20-18(13-15)22-21(26-20)24-10-8-23(9-11-24)19(25)14-17-6-4-3-5-7-17/h12-13,17H,3-11,14H2,1-2H3. The van der Waals surface area contributed by atoms with Crippen molar-refractivity contribution in [3.63, 3.8) is 0 Å². The third-order valence-corrected chi connectivity index (χ3v) is 7.17. The highest BCUT2D eigenvalue weighted by molar-refractivity contribution is 7.22. The summed E-state index contributed by atoms with van der Waals surface area (Å²) in [6.07, 6.45) is 7.22. The highest BCUT2D eigenvalue weighted by Gasteiger charge is 2.25. The number of carbonyl (C=O) groups is 1.